The van der Waals surface area contributed by atoms with E-state index in [0.29, 0.717) is 5.92 Å². The standard InChI is InChI=1S/C14H22N2/c1-12-7-8-16(11-14(12)9-15)10-13-5-3-2-4-6-13/h2-6,12,14H,7-11,15H2,1H3/t12-,14+/m0/s1. The van der Waals surface area contributed by atoms with Crippen LogP contribution < -0.4 is 5.73 Å². The van der Waals surface area contributed by atoms with Gasteiger partial charge in [-0.05, 0) is 36.9 Å². The van der Waals surface area contributed by atoms with Gasteiger partial charge in [0.2, 0.25) is 0 Å². The topological polar surface area (TPSA) is 29.3 Å². The van der Waals surface area contributed by atoms with E-state index in [1.54, 1.807) is 0 Å². The lowest BCUT2D eigenvalue weighted by Crippen LogP contribution is -2.42. The van der Waals surface area contributed by atoms with Crippen molar-refractivity contribution in [2.45, 2.75) is 19.9 Å². The van der Waals surface area contributed by atoms with E-state index < -0.39 is 0 Å². The SMILES string of the molecule is C[C@H]1CCN(Cc2ccccc2)C[C@H]1CN. The van der Waals surface area contributed by atoms with Gasteiger partial charge < -0.3 is 5.73 Å². The van der Waals surface area contributed by atoms with Gasteiger partial charge in [0.25, 0.3) is 0 Å². The number of piperidine rings is 1. The van der Waals surface area contributed by atoms with Crippen LogP contribution in [0.4, 0.5) is 0 Å². The second kappa shape index (κ2) is 5.46. The summed E-state index contributed by atoms with van der Waals surface area (Å²) in [5, 5.41) is 0. The average Bonchev–Trinajstić information content (AvgIpc) is 2.33. The first-order valence-corrected chi connectivity index (χ1v) is 6.26. The fourth-order valence-corrected chi connectivity index (χ4v) is 2.52. The molecule has 1 saturated heterocycles. The number of likely N-dealkylation sites (tertiary alicyclic amines) is 1. The first-order valence-electron chi connectivity index (χ1n) is 6.26. The lowest BCUT2D eigenvalue weighted by atomic mass is 9.87. The maximum atomic E-state index is 5.82. The van der Waals surface area contributed by atoms with Gasteiger partial charge in [0.05, 0.1) is 0 Å². The van der Waals surface area contributed by atoms with E-state index in [1.165, 1.54) is 18.5 Å². The van der Waals surface area contributed by atoms with Gasteiger partial charge in [0.15, 0.2) is 0 Å². The minimum Gasteiger partial charge on any atom is -0.330 e. The zero-order chi connectivity index (χ0) is 11.4. The molecule has 0 unspecified atom stereocenters. The first kappa shape index (κ1) is 11.6. The molecular weight excluding hydrogens is 196 g/mol. The van der Waals surface area contributed by atoms with Gasteiger partial charge in [-0.15, -0.1) is 0 Å². The highest BCUT2D eigenvalue weighted by Gasteiger charge is 2.24. The molecule has 0 aromatic heterocycles. The predicted molar refractivity (Wildman–Crippen MR) is 68.0 cm³/mol. The summed E-state index contributed by atoms with van der Waals surface area (Å²) in [4.78, 5) is 2.53. The molecule has 1 aliphatic rings. The van der Waals surface area contributed by atoms with Crippen molar-refractivity contribution in [1.29, 1.82) is 0 Å². The normalized spacial score (nSPS) is 26.9. The quantitative estimate of drug-likeness (QED) is 0.842. The Morgan fingerprint density at radius 3 is 2.75 bits per heavy atom. The summed E-state index contributed by atoms with van der Waals surface area (Å²) >= 11 is 0. The van der Waals surface area contributed by atoms with Crippen LogP contribution in [0.3, 0.4) is 0 Å². The van der Waals surface area contributed by atoms with Crippen LogP contribution in [0.5, 0.6) is 0 Å². The fourth-order valence-electron chi connectivity index (χ4n) is 2.52. The molecule has 1 heterocycles. The maximum Gasteiger partial charge on any atom is 0.0233 e. The summed E-state index contributed by atoms with van der Waals surface area (Å²) in [6.07, 6.45) is 1.29. The van der Waals surface area contributed by atoms with Crippen LogP contribution in [0.15, 0.2) is 30.3 Å². The maximum absolute atomic E-state index is 5.82. The van der Waals surface area contributed by atoms with E-state index in [1.807, 2.05) is 0 Å². The molecule has 2 nitrogen and oxygen atoms in total. The number of rotatable bonds is 3. The third-order valence-corrected chi connectivity index (χ3v) is 3.75. The van der Waals surface area contributed by atoms with E-state index >= 15 is 0 Å². The van der Waals surface area contributed by atoms with Crippen LogP contribution in [0.1, 0.15) is 18.9 Å². The zero-order valence-electron chi connectivity index (χ0n) is 10.1. The van der Waals surface area contributed by atoms with Gasteiger partial charge in [-0.25, -0.2) is 0 Å². The molecule has 0 bridgehead atoms. The monoisotopic (exact) mass is 218 g/mol. The van der Waals surface area contributed by atoms with E-state index in [9.17, 15) is 0 Å². The fraction of sp³-hybridized carbons (Fsp3) is 0.571. The van der Waals surface area contributed by atoms with Crippen molar-refractivity contribution in [3.05, 3.63) is 35.9 Å². The van der Waals surface area contributed by atoms with E-state index in [4.69, 9.17) is 5.73 Å². The number of benzene rings is 1. The molecule has 0 radical (unpaired) electrons. The Morgan fingerprint density at radius 1 is 1.31 bits per heavy atom. The molecule has 2 atom stereocenters. The van der Waals surface area contributed by atoms with Crippen molar-refractivity contribution in [3.8, 4) is 0 Å². The van der Waals surface area contributed by atoms with Crippen molar-refractivity contribution < 1.29 is 0 Å². The highest BCUT2D eigenvalue weighted by Crippen LogP contribution is 2.23. The third-order valence-electron chi connectivity index (χ3n) is 3.75. The summed E-state index contributed by atoms with van der Waals surface area (Å²) in [5.41, 5.74) is 7.23. The van der Waals surface area contributed by atoms with Crippen molar-refractivity contribution in [1.82, 2.24) is 4.90 Å². The Balaban J connectivity index is 1.92. The van der Waals surface area contributed by atoms with Crippen LogP contribution >= 0.6 is 0 Å². The van der Waals surface area contributed by atoms with Crippen molar-refractivity contribution in [2.24, 2.45) is 17.6 Å². The highest BCUT2D eigenvalue weighted by atomic mass is 15.1. The molecule has 2 rings (SSSR count). The van der Waals surface area contributed by atoms with Crippen molar-refractivity contribution in [2.75, 3.05) is 19.6 Å². The van der Waals surface area contributed by atoms with Crippen molar-refractivity contribution >= 4 is 0 Å². The molecule has 1 aromatic carbocycles. The lowest BCUT2D eigenvalue weighted by Gasteiger charge is -2.36. The van der Waals surface area contributed by atoms with Crippen LogP contribution in [-0.2, 0) is 6.54 Å². The second-order valence-corrected chi connectivity index (χ2v) is 4.98. The van der Waals surface area contributed by atoms with Crippen LogP contribution in [0, 0.1) is 11.8 Å². The van der Waals surface area contributed by atoms with Gasteiger partial charge in [-0.2, -0.15) is 0 Å². The molecule has 0 amide bonds. The van der Waals surface area contributed by atoms with Gasteiger partial charge in [0.1, 0.15) is 0 Å². The Kier molecular flexibility index (Phi) is 3.97. The van der Waals surface area contributed by atoms with Gasteiger partial charge in [0, 0.05) is 13.1 Å². The predicted octanol–water partition coefficient (Wildman–Crippen LogP) is 2.10. The average molecular weight is 218 g/mol. The van der Waals surface area contributed by atoms with Crippen LogP contribution in [0.2, 0.25) is 0 Å². The van der Waals surface area contributed by atoms with Crippen LogP contribution in [0.25, 0.3) is 0 Å². The molecule has 0 saturated carbocycles. The number of nitrogens with two attached hydrogens (primary N) is 1. The second-order valence-electron chi connectivity index (χ2n) is 4.98. The summed E-state index contributed by atoms with van der Waals surface area (Å²) in [6.45, 7) is 6.60. The minimum atomic E-state index is 0.678. The van der Waals surface area contributed by atoms with E-state index in [-0.39, 0.29) is 0 Å². The molecular formula is C14H22N2. The molecule has 2 N–H and O–H groups in total. The molecule has 2 heteroatoms. The van der Waals surface area contributed by atoms with E-state index in [2.05, 4.69) is 42.2 Å². The lowest BCUT2D eigenvalue weighted by molar-refractivity contribution is 0.126. The molecule has 1 aliphatic heterocycles. The van der Waals surface area contributed by atoms with Crippen molar-refractivity contribution in [3.63, 3.8) is 0 Å². The summed E-state index contributed by atoms with van der Waals surface area (Å²) in [5.74, 6) is 1.47. The highest BCUT2D eigenvalue weighted by molar-refractivity contribution is 5.14. The Labute approximate surface area is 98.4 Å². The largest absolute Gasteiger partial charge is 0.330 e. The molecule has 1 aromatic rings. The molecule has 16 heavy (non-hydrogen) atoms. The first-order chi connectivity index (χ1) is 7.79. The summed E-state index contributed by atoms with van der Waals surface area (Å²) in [6, 6.07) is 10.7. The van der Waals surface area contributed by atoms with E-state index in [0.717, 1.165) is 25.6 Å². The molecule has 0 spiro atoms. The van der Waals surface area contributed by atoms with Crippen LogP contribution in [-0.4, -0.2) is 24.5 Å². The summed E-state index contributed by atoms with van der Waals surface area (Å²) in [7, 11) is 0. The number of hydrogen-bond acceptors (Lipinski definition) is 2. The molecule has 1 fully saturated rings. The molecule has 0 aliphatic carbocycles. The summed E-state index contributed by atoms with van der Waals surface area (Å²) < 4.78 is 0. The van der Waals surface area contributed by atoms with Gasteiger partial charge in [-0.3, -0.25) is 4.90 Å². The smallest absolute Gasteiger partial charge is 0.0233 e. The number of nitrogens with zero attached hydrogens (tertiary/aromatic N) is 1. The number of hydrogen-bond donors (Lipinski definition) is 1. The van der Waals surface area contributed by atoms with Gasteiger partial charge in [-0.1, -0.05) is 37.3 Å². The Morgan fingerprint density at radius 2 is 2.06 bits per heavy atom. The third kappa shape index (κ3) is 2.83. The molecule has 88 valence electrons. The Bertz CT molecular complexity index is 310. The minimum absolute atomic E-state index is 0.678. The Hall–Kier alpha value is -0.860. The zero-order valence-corrected chi connectivity index (χ0v) is 10.1. The van der Waals surface area contributed by atoms with Gasteiger partial charge >= 0.3 is 0 Å².